The molecule has 0 spiro atoms. The molecule has 5 nitrogen and oxygen atoms in total. The molecular formula is C22H44O5. The molecule has 0 fully saturated rings. The minimum absolute atomic E-state index is 0.206. The van der Waals surface area contributed by atoms with Gasteiger partial charge in [-0.25, -0.2) is 0 Å². The molecule has 0 bridgehead atoms. The summed E-state index contributed by atoms with van der Waals surface area (Å²) < 4.78 is 27.4. The minimum atomic E-state index is 0.206. The Hall–Kier alpha value is -0.460. The van der Waals surface area contributed by atoms with Crippen LogP contribution in [-0.4, -0.2) is 66.1 Å². The van der Waals surface area contributed by atoms with Crippen LogP contribution in [0.2, 0.25) is 0 Å². The number of methoxy groups -OCH3 is 1. The van der Waals surface area contributed by atoms with E-state index in [0.29, 0.717) is 52.9 Å². The molecule has 1 atom stereocenters. The summed E-state index contributed by atoms with van der Waals surface area (Å²) in [6.07, 6.45) is 5.31. The van der Waals surface area contributed by atoms with E-state index in [9.17, 15) is 0 Å². The number of ether oxygens (including phenoxy) is 5. The van der Waals surface area contributed by atoms with Crippen LogP contribution in [0.3, 0.4) is 0 Å². The van der Waals surface area contributed by atoms with Gasteiger partial charge in [0.25, 0.3) is 0 Å². The predicted molar refractivity (Wildman–Crippen MR) is 111 cm³/mol. The van der Waals surface area contributed by atoms with Crippen LogP contribution in [0.4, 0.5) is 0 Å². The van der Waals surface area contributed by atoms with E-state index < -0.39 is 0 Å². The van der Waals surface area contributed by atoms with Crippen LogP contribution in [0, 0.1) is 10.8 Å². The Labute approximate surface area is 167 Å². The molecule has 0 radical (unpaired) electrons. The maximum atomic E-state index is 6.15. The maximum absolute atomic E-state index is 6.15. The fourth-order valence-electron chi connectivity index (χ4n) is 2.92. The van der Waals surface area contributed by atoms with Crippen LogP contribution >= 0.6 is 0 Å². The third-order valence-electron chi connectivity index (χ3n) is 4.07. The fraction of sp³-hybridized carbons (Fsp3) is 0.909. The zero-order valence-corrected chi connectivity index (χ0v) is 18.7. The van der Waals surface area contributed by atoms with Crippen LogP contribution in [0.1, 0.15) is 53.9 Å². The van der Waals surface area contributed by atoms with Gasteiger partial charge in [-0.2, -0.15) is 0 Å². The minimum Gasteiger partial charge on any atom is -0.382 e. The Morgan fingerprint density at radius 2 is 1.22 bits per heavy atom. The Balaban J connectivity index is 3.85. The summed E-state index contributed by atoms with van der Waals surface area (Å²) in [5, 5.41) is 0. The van der Waals surface area contributed by atoms with Crippen molar-refractivity contribution >= 4 is 0 Å². The van der Waals surface area contributed by atoms with Crippen LogP contribution in [0.5, 0.6) is 0 Å². The highest BCUT2D eigenvalue weighted by molar-refractivity contribution is 4.83. The monoisotopic (exact) mass is 388 g/mol. The van der Waals surface area contributed by atoms with Crippen molar-refractivity contribution in [1.29, 1.82) is 0 Å². The first-order valence-electron chi connectivity index (χ1n) is 10.1. The Bertz CT molecular complexity index is 349. The predicted octanol–water partition coefficient (Wildman–Crippen LogP) is 4.50. The maximum Gasteiger partial charge on any atom is 0.0704 e. The third kappa shape index (κ3) is 18.7. The van der Waals surface area contributed by atoms with Crippen molar-refractivity contribution in [2.45, 2.75) is 60.0 Å². The SMILES string of the molecule is C=CCC(C)(C)CC(CC(C)(C)C)OCCOCCOCCOCCOC. The Morgan fingerprint density at radius 3 is 1.67 bits per heavy atom. The van der Waals surface area contributed by atoms with Crippen LogP contribution < -0.4 is 0 Å². The van der Waals surface area contributed by atoms with Crippen molar-refractivity contribution < 1.29 is 23.7 Å². The van der Waals surface area contributed by atoms with Gasteiger partial charge >= 0.3 is 0 Å². The molecule has 0 heterocycles. The number of hydrogen-bond acceptors (Lipinski definition) is 5. The molecule has 27 heavy (non-hydrogen) atoms. The van der Waals surface area contributed by atoms with Gasteiger partial charge in [-0.1, -0.05) is 40.7 Å². The summed E-state index contributed by atoms with van der Waals surface area (Å²) in [6.45, 7) is 20.0. The van der Waals surface area contributed by atoms with Crippen molar-refractivity contribution in [2.75, 3.05) is 60.0 Å². The molecule has 0 N–H and O–H groups in total. The molecule has 162 valence electrons. The van der Waals surface area contributed by atoms with Crippen LogP contribution in [0.15, 0.2) is 12.7 Å². The number of hydrogen-bond donors (Lipinski definition) is 0. The summed E-state index contributed by atoms with van der Waals surface area (Å²) in [5.41, 5.74) is 0.451. The van der Waals surface area contributed by atoms with Gasteiger partial charge < -0.3 is 23.7 Å². The summed E-state index contributed by atoms with van der Waals surface area (Å²) in [7, 11) is 1.66. The van der Waals surface area contributed by atoms with E-state index in [1.165, 1.54) is 0 Å². The molecular weight excluding hydrogens is 344 g/mol. The van der Waals surface area contributed by atoms with E-state index in [0.717, 1.165) is 19.3 Å². The quantitative estimate of drug-likeness (QED) is 0.256. The highest BCUT2D eigenvalue weighted by atomic mass is 16.6. The lowest BCUT2D eigenvalue weighted by molar-refractivity contribution is -0.0406. The molecule has 0 aromatic heterocycles. The van der Waals surface area contributed by atoms with Crippen molar-refractivity contribution in [2.24, 2.45) is 10.8 Å². The molecule has 0 saturated carbocycles. The van der Waals surface area contributed by atoms with Crippen molar-refractivity contribution in [1.82, 2.24) is 0 Å². The first-order chi connectivity index (χ1) is 12.7. The van der Waals surface area contributed by atoms with Gasteiger partial charge in [0.2, 0.25) is 0 Å². The smallest absolute Gasteiger partial charge is 0.0704 e. The molecule has 0 saturated heterocycles. The molecule has 5 heteroatoms. The third-order valence-corrected chi connectivity index (χ3v) is 4.07. The molecule has 0 aromatic rings. The van der Waals surface area contributed by atoms with E-state index in [4.69, 9.17) is 23.7 Å². The summed E-state index contributed by atoms with van der Waals surface area (Å²) in [6, 6.07) is 0. The zero-order valence-electron chi connectivity index (χ0n) is 18.7. The van der Waals surface area contributed by atoms with Gasteiger partial charge in [0, 0.05) is 7.11 Å². The molecule has 0 rings (SSSR count). The summed E-state index contributed by atoms with van der Waals surface area (Å²) in [4.78, 5) is 0. The standard InChI is InChI=1S/C22H44O5/c1-8-9-22(5,6)19-20(18-21(2,3)4)27-17-16-26-15-14-25-13-12-24-11-10-23-7/h8,20H,1,9-19H2,2-7H3. The second-order valence-corrected chi connectivity index (χ2v) is 8.95. The molecule has 1 unspecified atom stereocenters. The van der Waals surface area contributed by atoms with Gasteiger partial charge in [0.15, 0.2) is 0 Å². The Kier molecular flexibility index (Phi) is 15.2. The molecule has 0 aliphatic carbocycles. The summed E-state index contributed by atoms with van der Waals surface area (Å²) in [5.74, 6) is 0. The average molecular weight is 389 g/mol. The van der Waals surface area contributed by atoms with E-state index >= 15 is 0 Å². The topological polar surface area (TPSA) is 46.2 Å². The molecule has 0 amide bonds. The molecule has 0 aliphatic heterocycles. The summed E-state index contributed by atoms with van der Waals surface area (Å²) >= 11 is 0. The van der Waals surface area contributed by atoms with Gasteiger partial charge in [-0.05, 0) is 30.1 Å². The lowest BCUT2D eigenvalue weighted by atomic mass is 9.79. The van der Waals surface area contributed by atoms with E-state index in [1.54, 1.807) is 7.11 Å². The van der Waals surface area contributed by atoms with Crippen molar-refractivity contribution in [3.8, 4) is 0 Å². The normalized spacial score (nSPS) is 13.7. The lowest BCUT2D eigenvalue weighted by Crippen LogP contribution is -2.28. The van der Waals surface area contributed by atoms with Gasteiger partial charge in [0.05, 0.1) is 59.0 Å². The average Bonchev–Trinajstić information content (AvgIpc) is 2.53. The number of rotatable bonds is 18. The highest BCUT2D eigenvalue weighted by Crippen LogP contribution is 2.33. The largest absolute Gasteiger partial charge is 0.382 e. The van der Waals surface area contributed by atoms with Crippen LogP contribution in [0.25, 0.3) is 0 Å². The van der Waals surface area contributed by atoms with Crippen molar-refractivity contribution in [3.05, 3.63) is 12.7 Å². The molecule has 0 aliphatic rings. The van der Waals surface area contributed by atoms with Gasteiger partial charge in [0.1, 0.15) is 0 Å². The second-order valence-electron chi connectivity index (χ2n) is 8.95. The van der Waals surface area contributed by atoms with E-state index in [1.807, 2.05) is 6.08 Å². The first-order valence-corrected chi connectivity index (χ1v) is 10.1. The highest BCUT2D eigenvalue weighted by Gasteiger charge is 2.26. The second kappa shape index (κ2) is 15.5. The van der Waals surface area contributed by atoms with Crippen molar-refractivity contribution in [3.63, 3.8) is 0 Å². The Morgan fingerprint density at radius 1 is 0.741 bits per heavy atom. The van der Waals surface area contributed by atoms with E-state index in [2.05, 4.69) is 41.2 Å². The lowest BCUT2D eigenvalue weighted by Gasteiger charge is -2.32. The zero-order chi connectivity index (χ0) is 20.6. The van der Waals surface area contributed by atoms with Gasteiger partial charge in [-0.3, -0.25) is 0 Å². The fourth-order valence-corrected chi connectivity index (χ4v) is 2.92. The molecule has 0 aromatic carbocycles. The van der Waals surface area contributed by atoms with E-state index in [-0.39, 0.29) is 16.9 Å². The number of allylic oxidation sites excluding steroid dienone is 1. The van der Waals surface area contributed by atoms with Gasteiger partial charge in [-0.15, -0.1) is 6.58 Å². The van der Waals surface area contributed by atoms with Crippen LogP contribution in [-0.2, 0) is 23.7 Å². The first kappa shape index (κ1) is 26.5.